The van der Waals surface area contributed by atoms with E-state index < -0.39 is 8.32 Å². The van der Waals surface area contributed by atoms with Gasteiger partial charge in [-0.15, -0.1) is 0 Å². The number of hydrogen-bond donors (Lipinski definition) is 1. The molecule has 126 valence electrons. The number of nitrogens with one attached hydrogen (secondary N) is 1. The van der Waals surface area contributed by atoms with Gasteiger partial charge in [0.15, 0.2) is 8.32 Å². The van der Waals surface area contributed by atoms with Crippen molar-refractivity contribution in [3.05, 3.63) is 0 Å². The fourth-order valence-electron chi connectivity index (χ4n) is 2.08. The van der Waals surface area contributed by atoms with E-state index in [0.717, 1.165) is 52.4 Å². The van der Waals surface area contributed by atoms with Gasteiger partial charge in [0, 0.05) is 32.7 Å². The molecule has 0 spiro atoms. The molecule has 5 heteroatoms. The van der Waals surface area contributed by atoms with E-state index in [1.807, 2.05) is 0 Å². The predicted molar refractivity (Wildman–Crippen MR) is 92.5 cm³/mol. The van der Waals surface area contributed by atoms with Crippen molar-refractivity contribution in [2.45, 2.75) is 58.4 Å². The summed E-state index contributed by atoms with van der Waals surface area (Å²) in [6.45, 7) is 20.7. The Balaban J connectivity index is 2.25. The third-order valence-corrected chi connectivity index (χ3v) is 9.36. The maximum absolute atomic E-state index is 6.28. The van der Waals surface area contributed by atoms with Crippen molar-refractivity contribution in [1.29, 1.82) is 0 Å². The van der Waals surface area contributed by atoms with Crippen LogP contribution < -0.4 is 5.32 Å². The van der Waals surface area contributed by atoms with Gasteiger partial charge in [0.2, 0.25) is 0 Å². The van der Waals surface area contributed by atoms with E-state index in [-0.39, 0.29) is 11.1 Å². The molecule has 0 aromatic carbocycles. The number of hydrogen-bond acceptors (Lipinski definition) is 4. The standard InChI is InChI=1S/C16H36N2O2Si/c1-7-15(14-20-21(5,6)16(2,3)4)19-13-12-18-10-8-17-9-11-18/h15,17H,7-14H2,1-6H3/t15-/m1/s1. The highest BCUT2D eigenvalue weighted by atomic mass is 28.4. The molecule has 0 aromatic rings. The smallest absolute Gasteiger partial charge is 0.192 e. The van der Waals surface area contributed by atoms with Gasteiger partial charge in [-0.05, 0) is 24.6 Å². The van der Waals surface area contributed by atoms with Crippen molar-refractivity contribution in [2.75, 3.05) is 45.9 Å². The topological polar surface area (TPSA) is 33.7 Å². The summed E-state index contributed by atoms with van der Waals surface area (Å²) in [4.78, 5) is 2.47. The largest absolute Gasteiger partial charge is 0.414 e. The van der Waals surface area contributed by atoms with E-state index in [4.69, 9.17) is 9.16 Å². The molecule has 1 rings (SSSR count). The van der Waals surface area contributed by atoms with Crippen molar-refractivity contribution in [1.82, 2.24) is 10.2 Å². The number of piperazine rings is 1. The highest BCUT2D eigenvalue weighted by Gasteiger charge is 2.37. The van der Waals surface area contributed by atoms with Gasteiger partial charge in [0.25, 0.3) is 0 Å². The highest BCUT2D eigenvalue weighted by molar-refractivity contribution is 6.74. The van der Waals surface area contributed by atoms with Gasteiger partial charge in [-0.3, -0.25) is 4.90 Å². The van der Waals surface area contributed by atoms with Gasteiger partial charge in [-0.25, -0.2) is 0 Å². The molecular formula is C16H36N2O2Si. The molecule has 1 saturated heterocycles. The summed E-state index contributed by atoms with van der Waals surface area (Å²) in [6, 6.07) is 0. The molecule has 0 unspecified atom stereocenters. The fraction of sp³-hybridized carbons (Fsp3) is 1.00. The third kappa shape index (κ3) is 6.78. The monoisotopic (exact) mass is 316 g/mol. The van der Waals surface area contributed by atoms with Crippen LogP contribution in [0.15, 0.2) is 0 Å². The lowest BCUT2D eigenvalue weighted by molar-refractivity contribution is 0.00340. The number of rotatable bonds is 8. The quantitative estimate of drug-likeness (QED) is 0.698. The molecule has 0 radical (unpaired) electrons. The van der Waals surface area contributed by atoms with Crippen molar-refractivity contribution < 1.29 is 9.16 Å². The fourth-order valence-corrected chi connectivity index (χ4v) is 3.12. The lowest BCUT2D eigenvalue weighted by atomic mass is 10.2. The predicted octanol–water partition coefficient (Wildman–Crippen LogP) is 2.71. The molecule has 4 nitrogen and oxygen atoms in total. The van der Waals surface area contributed by atoms with Crippen LogP contribution in [0.3, 0.4) is 0 Å². The van der Waals surface area contributed by atoms with E-state index in [2.05, 4.69) is 51.0 Å². The second kappa shape index (κ2) is 8.63. The van der Waals surface area contributed by atoms with Crippen LogP contribution in [0.4, 0.5) is 0 Å². The summed E-state index contributed by atoms with van der Waals surface area (Å²) in [5.74, 6) is 0. The molecule has 1 atom stereocenters. The van der Waals surface area contributed by atoms with Crippen LogP contribution in [0.25, 0.3) is 0 Å². The first-order valence-corrected chi connectivity index (χ1v) is 11.4. The van der Waals surface area contributed by atoms with E-state index in [9.17, 15) is 0 Å². The molecule has 21 heavy (non-hydrogen) atoms. The Bertz CT molecular complexity index is 286. The van der Waals surface area contributed by atoms with Crippen LogP contribution >= 0.6 is 0 Å². The second-order valence-electron chi connectivity index (χ2n) is 7.56. The first-order chi connectivity index (χ1) is 9.76. The van der Waals surface area contributed by atoms with Crippen molar-refractivity contribution >= 4 is 8.32 Å². The summed E-state index contributed by atoms with van der Waals surface area (Å²) in [5.41, 5.74) is 0. The van der Waals surface area contributed by atoms with Gasteiger partial charge in [-0.1, -0.05) is 27.7 Å². The van der Waals surface area contributed by atoms with Gasteiger partial charge in [-0.2, -0.15) is 0 Å². The van der Waals surface area contributed by atoms with Crippen LogP contribution in [-0.2, 0) is 9.16 Å². The first kappa shape index (κ1) is 19.1. The molecule has 0 saturated carbocycles. The molecule has 1 aliphatic heterocycles. The van der Waals surface area contributed by atoms with E-state index in [1.165, 1.54) is 0 Å². The third-order valence-electron chi connectivity index (χ3n) is 4.86. The average molecular weight is 317 g/mol. The summed E-state index contributed by atoms with van der Waals surface area (Å²) >= 11 is 0. The zero-order chi connectivity index (χ0) is 15.9. The molecule has 1 heterocycles. The Kier molecular flexibility index (Phi) is 7.85. The maximum atomic E-state index is 6.28. The minimum absolute atomic E-state index is 0.238. The summed E-state index contributed by atoms with van der Waals surface area (Å²) in [6.07, 6.45) is 1.26. The average Bonchev–Trinajstić information content (AvgIpc) is 2.42. The zero-order valence-electron chi connectivity index (χ0n) is 15.0. The molecule has 1 fully saturated rings. The summed E-state index contributed by atoms with van der Waals surface area (Å²) < 4.78 is 12.3. The Morgan fingerprint density at radius 2 is 1.81 bits per heavy atom. The molecule has 0 aromatic heterocycles. The Hall–Kier alpha value is 0.0569. The van der Waals surface area contributed by atoms with Crippen LogP contribution in [0.2, 0.25) is 18.1 Å². The minimum Gasteiger partial charge on any atom is -0.414 e. The van der Waals surface area contributed by atoms with Gasteiger partial charge >= 0.3 is 0 Å². The van der Waals surface area contributed by atoms with Gasteiger partial charge in [0.1, 0.15) is 0 Å². The number of ether oxygens (including phenoxy) is 1. The van der Waals surface area contributed by atoms with Crippen LogP contribution in [0.1, 0.15) is 34.1 Å². The summed E-state index contributed by atoms with van der Waals surface area (Å²) in [5, 5.41) is 3.65. The van der Waals surface area contributed by atoms with E-state index >= 15 is 0 Å². The van der Waals surface area contributed by atoms with Crippen molar-refractivity contribution in [3.63, 3.8) is 0 Å². The molecule has 1 N–H and O–H groups in total. The highest BCUT2D eigenvalue weighted by Crippen LogP contribution is 2.36. The van der Waals surface area contributed by atoms with Crippen molar-refractivity contribution in [2.24, 2.45) is 0 Å². The maximum Gasteiger partial charge on any atom is 0.192 e. The molecule has 0 aliphatic carbocycles. The second-order valence-corrected chi connectivity index (χ2v) is 12.4. The molecule has 0 bridgehead atoms. The lowest BCUT2D eigenvalue weighted by Crippen LogP contribution is -2.45. The van der Waals surface area contributed by atoms with Crippen LogP contribution in [0.5, 0.6) is 0 Å². The van der Waals surface area contributed by atoms with E-state index in [1.54, 1.807) is 0 Å². The van der Waals surface area contributed by atoms with Crippen LogP contribution in [0, 0.1) is 0 Å². The zero-order valence-corrected chi connectivity index (χ0v) is 16.0. The van der Waals surface area contributed by atoms with E-state index in [0.29, 0.717) is 0 Å². The van der Waals surface area contributed by atoms with Crippen LogP contribution in [-0.4, -0.2) is 65.3 Å². The van der Waals surface area contributed by atoms with Crippen molar-refractivity contribution in [3.8, 4) is 0 Å². The minimum atomic E-state index is -1.65. The van der Waals surface area contributed by atoms with Gasteiger partial charge < -0.3 is 14.5 Å². The normalized spacial score (nSPS) is 19.7. The SMILES string of the molecule is CC[C@H](CO[Si](C)(C)C(C)(C)C)OCCN1CCNCC1. The molecular weight excluding hydrogens is 280 g/mol. The Labute approximate surface area is 132 Å². The summed E-state index contributed by atoms with van der Waals surface area (Å²) in [7, 11) is -1.65. The number of nitrogens with zero attached hydrogens (tertiary/aromatic N) is 1. The molecule has 0 amide bonds. The Morgan fingerprint density at radius 3 is 2.33 bits per heavy atom. The first-order valence-electron chi connectivity index (χ1n) is 8.45. The lowest BCUT2D eigenvalue weighted by Gasteiger charge is -2.37. The molecule has 1 aliphatic rings. The van der Waals surface area contributed by atoms with Gasteiger partial charge in [0.05, 0.1) is 19.3 Å². The Morgan fingerprint density at radius 1 is 1.19 bits per heavy atom.